The molecule has 1 saturated heterocycles. The van der Waals surface area contributed by atoms with E-state index in [2.05, 4.69) is 37.3 Å². The van der Waals surface area contributed by atoms with E-state index in [1.165, 1.54) is 13.8 Å². The number of nitrogens with zero attached hydrogens (tertiary/aromatic N) is 4. The summed E-state index contributed by atoms with van der Waals surface area (Å²) in [7, 11) is 0. The third-order valence-electron chi connectivity index (χ3n) is 6.45. The molecule has 0 radical (unpaired) electrons. The van der Waals surface area contributed by atoms with Gasteiger partial charge in [0, 0.05) is 29.9 Å². The molecule has 3 aromatic rings. The van der Waals surface area contributed by atoms with E-state index in [1.54, 1.807) is 24.3 Å². The van der Waals surface area contributed by atoms with Gasteiger partial charge in [-0.1, -0.05) is 23.7 Å². The molecular weight excluding hydrogens is 474 g/mol. The number of nitrogens with one attached hydrogen (secondary N) is 2. The predicted octanol–water partition coefficient (Wildman–Crippen LogP) is 5.25. The van der Waals surface area contributed by atoms with E-state index in [-0.39, 0.29) is 40.1 Å². The van der Waals surface area contributed by atoms with E-state index in [9.17, 15) is 9.50 Å². The van der Waals surface area contributed by atoms with Gasteiger partial charge in [-0.15, -0.1) is 0 Å². The van der Waals surface area contributed by atoms with Gasteiger partial charge in [0.15, 0.2) is 11.6 Å². The Balaban J connectivity index is 1.50. The zero-order chi connectivity index (χ0) is 25.3. The quantitative estimate of drug-likeness (QED) is 0.407. The number of hydrogen-bond acceptors (Lipinski definition) is 6. The highest BCUT2D eigenvalue weighted by molar-refractivity contribution is 6.30. The van der Waals surface area contributed by atoms with Crippen LogP contribution in [0.2, 0.25) is 5.02 Å². The Morgan fingerprint density at radius 2 is 2.03 bits per heavy atom. The summed E-state index contributed by atoms with van der Waals surface area (Å²) in [6.07, 6.45) is 2.04. The van der Waals surface area contributed by atoms with Crippen molar-refractivity contribution in [2.24, 2.45) is 5.92 Å². The zero-order valence-electron chi connectivity index (χ0n) is 20.4. The summed E-state index contributed by atoms with van der Waals surface area (Å²) < 4.78 is 29.8. The van der Waals surface area contributed by atoms with Crippen LogP contribution in [0.5, 0.6) is 0 Å². The lowest BCUT2D eigenvalue weighted by atomic mass is 9.87. The number of aliphatic hydroxyl groups is 1. The van der Waals surface area contributed by atoms with Gasteiger partial charge in [0.1, 0.15) is 17.1 Å². The van der Waals surface area contributed by atoms with Crippen molar-refractivity contribution in [1.29, 1.82) is 0 Å². The molecule has 0 unspecified atom stereocenters. The molecule has 3 heterocycles. The lowest BCUT2D eigenvalue weighted by Crippen LogP contribution is -2.41. The molecule has 1 aromatic carbocycles. The first-order valence-electron chi connectivity index (χ1n) is 11.8. The molecule has 0 bridgehead atoms. The average Bonchev–Trinajstić information content (AvgIpc) is 3.19. The Morgan fingerprint density at radius 3 is 2.69 bits per heavy atom. The van der Waals surface area contributed by atoms with Crippen LogP contribution in [-0.2, 0) is 18.6 Å². The second-order valence-electron chi connectivity index (χ2n) is 9.90. The van der Waals surface area contributed by atoms with Gasteiger partial charge < -0.3 is 10.4 Å². The molecule has 0 amide bonds. The summed E-state index contributed by atoms with van der Waals surface area (Å²) in [4.78, 5) is 10.9. The molecule has 1 fully saturated rings. The Bertz CT molecular complexity index is 1200. The van der Waals surface area contributed by atoms with Crippen molar-refractivity contribution in [3.05, 3.63) is 63.6 Å². The van der Waals surface area contributed by atoms with Gasteiger partial charge in [0.05, 0.1) is 10.7 Å². The number of H-pyrrole nitrogens is 1. The van der Waals surface area contributed by atoms with Gasteiger partial charge >= 0.3 is 0 Å². The van der Waals surface area contributed by atoms with E-state index in [0.717, 1.165) is 25.1 Å². The minimum Gasteiger partial charge on any atom is -0.384 e. The van der Waals surface area contributed by atoms with E-state index in [1.807, 2.05) is 6.92 Å². The van der Waals surface area contributed by atoms with E-state index < -0.39 is 11.4 Å². The molecule has 7 nitrogen and oxygen atoms in total. The molecular formula is C25H31ClF2N6O. The molecule has 1 aliphatic rings. The summed E-state index contributed by atoms with van der Waals surface area (Å²) in [5.41, 5.74) is 0.162. The van der Waals surface area contributed by atoms with Crippen molar-refractivity contribution >= 4 is 23.4 Å². The molecule has 10 heteroatoms. The van der Waals surface area contributed by atoms with Crippen molar-refractivity contribution in [2.75, 3.05) is 11.9 Å². The number of aromatic amines is 1. The number of likely N-dealkylation sites (tertiary alicyclic amines) is 1. The molecule has 188 valence electrons. The first-order chi connectivity index (χ1) is 16.5. The number of piperidine rings is 1. The molecule has 0 saturated carbocycles. The molecule has 35 heavy (non-hydrogen) atoms. The van der Waals surface area contributed by atoms with Gasteiger partial charge in [0.25, 0.3) is 0 Å². The summed E-state index contributed by atoms with van der Waals surface area (Å²) in [6.45, 7) is 8.19. The maximum Gasteiger partial charge on any atom is 0.229 e. The molecule has 3 N–H and O–H groups in total. The van der Waals surface area contributed by atoms with Crippen LogP contribution in [-0.4, -0.2) is 42.8 Å². The topological polar surface area (TPSA) is 90.0 Å². The predicted molar refractivity (Wildman–Crippen MR) is 132 cm³/mol. The van der Waals surface area contributed by atoms with Gasteiger partial charge in [-0.25, -0.2) is 18.7 Å². The monoisotopic (exact) mass is 504 g/mol. The molecule has 1 aliphatic heterocycles. The second kappa shape index (κ2) is 10.2. The van der Waals surface area contributed by atoms with Gasteiger partial charge in [-0.05, 0) is 65.5 Å². The van der Waals surface area contributed by atoms with Crippen LogP contribution >= 0.6 is 11.6 Å². The molecule has 2 atom stereocenters. The molecule has 0 spiro atoms. The fourth-order valence-corrected chi connectivity index (χ4v) is 4.78. The van der Waals surface area contributed by atoms with Crippen LogP contribution < -0.4 is 5.32 Å². The third kappa shape index (κ3) is 5.97. The SMILES string of the molecule is Cc1cc(Nc2nc(C[C@@H]3CCN(Cc4cccc(Cl)c4F)[C@H](C)C3)c(F)c(C(C)(C)O)n2)n[nH]1. The highest BCUT2D eigenvalue weighted by atomic mass is 35.5. The number of aromatic nitrogens is 4. The van der Waals surface area contributed by atoms with Crippen molar-refractivity contribution in [2.45, 2.75) is 65.1 Å². The Labute approximate surface area is 208 Å². The van der Waals surface area contributed by atoms with Crippen LogP contribution in [0.15, 0.2) is 24.3 Å². The Morgan fingerprint density at radius 1 is 1.26 bits per heavy atom. The highest BCUT2D eigenvalue weighted by Gasteiger charge is 2.31. The number of benzene rings is 1. The minimum absolute atomic E-state index is 0.0563. The summed E-state index contributed by atoms with van der Waals surface area (Å²) in [5.74, 6) is -0.0796. The maximum absolute atomic E-state index is 15.4. The van der Waals surface area contributed by atoms with E-state index in [4.69, 9.17) is 11.6 Å². The Kier molecular flexibility index (Phi) is 7.40. The normalized spacial score (nSPS) is 19.2. The van der Waals surface area contributed by atoms with Crippen LogP contribution in [0, 0.1) is 24.5 Å². The number of rotatable bonds is 7. The maximum atomic E-state index is 15.4. The molecule has 2 aromatic heterocycles. The van der Waals surface area contributed by atoms with Crippen molar-refractivity contribution in [3.63, 3.8) is 0 Å². The zero-order valence-corrected chi connectivity index (χ0v) is 21.1. The Hall–Kier alpha value is -2.62. The largest absolute Gasteiger partial charge is 0.384 e. The summed E-state index contributed by atoms with van der Waals surface area (Å²) in [6, 6.07) is 7.02. The lowest BCUT2D eigenvalue weighted by molar-refractivity contribution is 0.0688. The standard InChI is InChI=1S/C25H31ClF2N6O/c1-14-10-20(33-32-14)30-24-29-19(22(28)23(31-24)25(3,4)35)12-16-8-9-34(15(2)11-16)13-17-6-5-7-18(26)21(17)27/h5-7,10,15-16,35H,8-9,11-13H2,1-4H3,(H2,29,30,31,32,33)/t15-,16-/m1/s1. The van der Waals surface area contributed by atoms with Crippen LogP contribution in [0.3, 0.4) is 0 Å². The second-order valence-corrected chi connectivity index (χ2v) is 10.3. The minimum atomic E-state index is -1.47. The number of anilines is 2. The highest BCUT2D eigenvalue weighted by Crippen LogP contribution is 2.31. The van der Waals surface area contributed by atoms with Crippen LogP contribution in [0.25, 0.3) is 0 Å². The first-order valence-corrected chi connectivity index (χ1v) is 12.1. The lowest BCUT2D eigenvalue weighted by Gasteiger charge is -2.38. The fourth-order valence-electron chi connectivity index (χ4n) is 4.59. The third-order valence-corrected chi connectivity index (χ3v) is 6.75. The summed E-state index contributed by atoms with van der Waals surface area (Å²) in [5, 5.41) is 20.6. The van der Waals surface area contributed by atoms with Gasteiger partial charge in [-0.3, -0.25) is 10.00 Å². The smallest absolute Gasteiger partial charge is 0.229 e. The first kappa shape index (κ1) is 25.5. The van der Waals surface area contributed by atoms with E-state index >= 15 is 4.39 Å². The average molecular weight is 505 g/mol. The summed E-state index contributed by atoms with van der Waals surface area (Å²) >= 11 is 5.94. The van der Waals surface area contributed by atoms with Crippen molar-refractivity contribution < 1.29 is 13.9 Å². The fraction of sp³-hybridized carbons (Fsp3) is 0.480. The van der Waals surface area contributed by atoms with Crippen molar-refractivity contribution in [1.82, 2.24) is 25.1 Å². The van der Waals surface area contributed by atoms with Gasteiger partial charge in [-0.2, -0.15) is 5.10 Å². The number of aryl methyl sites for hydroxylation is 1. The van der Waals surface area contributed by atoms with Crippen LogP contribution in [0.1, 0.15) is 56.3 Å². The van der Waals surface area contributed by atoms with Crippen LogP contribution in [0.4, 0.5) is 20.5 Å². The van der Waals surface area contributed by atoms with Gasteiger partial charge in [0.2, 0.25) is 5.95 Å². The molecule has 4 rings (SSSR count). The van der Waals surface area contributed by atoms with E-state index in [0.29, 0.717) is 24.3 Å². The van der Waals surface area contributed by atoms with Crippen molar-refractivity contribution in [3.8, 4) is 0 Å². The number of hydrogen-bond donors (Lipinski definition) is 3. The molecule has 0 aliphatic carbocycles. The number of halogens is 3.